The highest BCUT2D eigenvalue weighted by Crippen LogP contribution is 2.20. The quantitative estimate of drug-likeness (QED) is 0.766. The van der Waals surface area contributed by atoms with Gasteiger partial charge in [-0.05, 0) is 30.7 Å². The van der Waals surface area contributed by atoms with E-state index in [0.717, 1.165) is 5.56 Å². The molecule has 0 aromatic heterocycles. The normalized spacial score (nSPS) is 12.2. The van der Waals surface area contributed by atoms with Gasteiger partial charge in [-0.1, -0.05) is 12.1 Å². The highest BCUT2D eigenvalue weighted by atomic mass is 19.1. The van der Waals surface area contributed by atoms with Gasteiger partial charge in [-0.25, -0.2) is 4.39 Å². The molecule has 1 unspecified atom stereocenters. The molecule has 2 N–H and O–H groups in total. The first-order chi connectivity index (χ1) is 7.19. The lowest BCUT2D eigenvalue weighted by atomic mass is 9.96. The number of esters is 1. The fourth-order valence-electron chi connectivity index (χ4n) is 1.42. The first-order valence-electron chi connectivity index (χ1n) is 4.72. The minimum absolute atomic E-state index is 0.324. The van der Waals surface area contributed by atoms with Crippen molar-refractivity contribution in [3.05, 3.63) is 35.6 Å². The van der Waals surface area contributed by atoms with E-state index in [9.17, 15) is 9.18 Å². The highest BCUT2D eigenvalue weighted by molar-refractivity contribution is 5.78. The van der Waals surface area contributed by atoms with Crippen LogP contribution in [0, 0.1) is 5.82 Å². The summed E-state index contributed by atoms with van der Waals surface area (Å²) in [6.45, 7) is 0.386. The maximum absolute atomic E-state index is 12.7. The fraction of sp³-hybridized carbons (Fsp3) is 0.364. The molecule has 0 spiro atoms. The van der Waals surface area contributed by atoms with Crippen molar-refractivity contribution < 1.29 is 13.9 Å². The van der Waals surface area contributed by atoms with Crippen LogP contribution in [0.5, 0.6) is 0 Å². The molecule has 1 atom stereocenters. The van der Waals surface area contributed by atoms with Crippen LogP contribution in [0.1, 0.15) is 17.9 Å². The van der Waals surface area contributed by atoms with Gasteiger partial charge in [0.05, 0.1) is 13.0 Å². The van der Waals surface area contributed by atoms with Gasteiger partial charge in [0, 0.05) is 0 Å². The average molecular weight is 211 g/mol. The van der Waals surface area contributed by atoms with Crippen LogP contribution in [0.3, 0.4) is 0 Å². The van der Waals surface area contributed by atoms with E-state index in [-0.39, 0.29) is 11.8 Å². The molecule has 4 heteroatoms. The molecule has 0 radical (unpaired) electrons. The van der Waals surface area contributed by atoms with Crippen molar-refractivity contribution in [3.63, 3.8) is 0 Å². The molecule has 15 heavy (non-hydrogen) atoms. The van der Waals surface area contributed by atoms with E-state index < -0.39 is 5.92 Å². The monoisotopic (exact) mass is 211 g/mol. The lowest BCUT2D eigenvalue weighted by Gasteiger charge is -2.13. The van der Waals surface area contributed by atoms with Gasteiger partial charge in [0.1, 0.15) is 5.82 Å². The van der Waals surface area contributed by atoms with Gasteiger partial charge in [-0.2, -0.15) is 0 Å². The second-order valence-electron chi connectivity index (χ2n) is 3.20. The van der Waals surface area contributed by atoms with Crippen molar-refractivity contribution >= 4 is 5.97 Å². The third-order valence-electron chi connectivity index (χ3n) is 2.21. The van der Waals surface area contributed by atoms with Crippen LogP contribution in [0.25, 0.3) is 0 Å². The summed E-state index contributed by atoms with van der Waals surface area (Å²) in [4.78, 5) is 11.4. The Balaban J connectivity index is 2.88. The lowest BCUT2D eigenvalue weighted by molar-refractivity contribution is -0.142. The van der Waals surface area contributed by atoms with E-state index in [1.807, 2.05) is 0 Å². The first-order valence-corrected chi connectivity index (χ1v) is 4.72. The second-order valence-corrected chi connectivity index (χ2v) is 3.20. The van der Waals surface area contributed by atoms with Gasteiger partial charge >= 0.3 is 5.97 Å². The molecular formula is C11H14FNO2. The van der Waals surface area contributed by atoms with Crippen molar-refractivity contribution in [3.8, 4) is 0 Å². The summed E-state index contributed by atoms with van der Waals surface area (Å²) >= 11 is 0. The molecule has 3 nitrogen and oxygen atoms in total. The smallest absolute Gasteiger partial charge is 0.313 e. The number of hydrogen-bond acceptors (Lipinski definition) is 3. The largest absolute Gasteiger partial charge is 0.469 e. The molecule has 0 saturated heterocycles. The van der Waals surface area contributed by atoms with E-state index >= 15 is 0 Å². The predicted molar refractivity (Wildman–Crippen MR) is 54.8 cm³/mol. The molecule has 0 amide bonds. The van der Waals surface area contributed by atoms with Crippen molar-refractivity contribution in [2.24, 2.45) is 5.73 Å². The minimum atomic E-state index is -0.402. The van der Waals surface area contributed by atoms with Crippen molar-refractivity contribution in [2.75, 3.05) is 13.7 Å². The fourth-order valence-corrected chi connectivity index (χ4v) is 1.42. The van der Waals surface area contributed by atoms with Gasteiger partial charge in [-0.3, -0.25) is 4.79 Å². The average Bonchev–Trinajstić information content (AvgIpc) is 2.26. The van der Waals surface area contributed by atoms with E-state index in [2.05, 4.69) is 4.74 Å². The Labute approximate surface area is 88.0 Å². The Morgan fingerprint density at radius 2 is 2.07 bits per heavy atom. The van der Waals surface area contributed by atoms with Crippen molar-refractivity contribution in [1.29, 1.82) is 0 Å². The van der Waals surface area contributed by atoms with Gasteiger partial charge < -0.3 is 10.5 Å². The van der Waals surface area contributed by atoms with Crippen LogP contribution >= 0.6 is 0 Å². The maximum Gasteiger partial charge on any atom is 0.313 e. The summed E-state index contributed by atoms with van der Waals surface area (Å²) in [5.41, 5.74) is 6.14. The Morgan fingerprint density at radius 1 is 1.47 bits per heavy atom. The summed E-state index contributed by atoms with van der Waals surface area (Å²) < 4.78 is 17.3. The molecule has 1 aromatic rings. The number of ether oxygens (including phenoxy) is 1. The number of halogens is 1. The Morgan fingerprint density at radius 3 is 2.53 bits per heavy atom. The van der Waals surface area contributed by atoms with Gasteiger partial charge in [0.2, 0.25) is 0 Å². The summed E-state index contributed by atoms with van der Waals surface area (Å²) in [6, 6.07) is 5.79. The number of methoxy groups -OCH3 is 1. The van der Waals surface area contributed by atoms with E-state index in [1.54, 1.807) is 12.1 Å². The predicted octanol–water partition coefficient (Wildman–Crippen LogP) is 1.43. The number of hydrogen-bond donors (Lipinski definition) is 1. The number of carbonyl (C=O) groups is 1. The number of rotatable bonds is 4. The number of carbonyl (C=O) groups excluding carboxylic acids is 1. The van der Waals surface area contributed by atoms with Crippen LogP contribution < -0.4 is 5.73 Å². The molecule has 82 valence electrons. The summed E-state index contributed by atoms with van der Waals surface area (Å²) in [7, 11) is 1.33. The SMILES string of the molecule is COC(=O)C(CCN)c1ccc(F)cc1. The maximum atomic E-state index is 12.7. The van der Waals surface area contributed by atoms with E-state index in [4.69, 9.17) is 5.73 Å². The minimum Gasteiger partial charge on any atom is -0.469 e. The molecule has 0 saturated carbocycles. The Hall–Kier alpha value is -1.42. The summed E-state index contributed by atoms with van der Waals surface area (Å²) in [6.07, 6.45) is 0.498. The molecule has 1 aromatic carbocycles. The topological polar surface area (TPSA) is 52.3 Å². The van der Waals surface area contributed by atoms with Crippen LogP contribution in [-0.4, -0.2) is 19.6 Å². The molecule has 0 aliphatic rings. The first kappa shape index (κ1) is 11.7. The van der Waals surface area contributed by atoms with E-state index in [1.165, 1.54) is 19.2 Å². The van der Waals surface area contributed by atoms with Crippen molar-refractivity contribution in [2.45, 2.75) is 12.3 Å². The zero-order chi connectivity index (χ0) is 11.3. The molecule has 0 aliphatic carbocycles. The molecule has 0 heterocycles. The molecule has 0 fully saturated rings. The van der Waals surface area contributed by atoms with Crippen LogP contribution in [0.15, 0.2) is 24.3 Å². The molecular weight excluding hydrogens is 197 g/mol. The lowest BCUT2D eigenvalue weighted by Crippen LogP contribution is -2.18. The van der Waals surface area contributed by atoms with Crippen LogP contribution in [-0.2, 0) is 9.53 Å². The summed E-state index contributed by atoms with van der Waals surface area (Å²) in [5, 5.41) is 0. The van der Waals surface area contributed by atoms with Gasteiger partial charge in [0.25, 0.3) is 0 Å². The zero-order valence-electron chi connectivity index (χ0n) is 8.57. The van der Waals surface area contributed by atoms with Gasteiger partial charge in [-0.15, -0.1) is 0 Å². The van der Waals surface area contributed by atoms with Crippen LogP contribution in [0.4, 0.5) is 4.39 Å². The molecule has 1 rings (SSSR count). The Bertz CT molecular complexity index is 324. The number of nitrogens with two attached hydrogens (primary N) is 1. The second kappa shape index (κ2) is 5.46. The molecule has 0 bridgehead atoms. The molecule has 0 aliphatic heterocycles. The zero-order valence-corrected chi connectivity index (χ0v) is 8.57. The highest BCUT2D eigenvalue weighted by Gasteiger charge is 2.20. The van der Waals surface area contributed by atoms with E-state index in [0.29, 0.717) is 13.0 Å². The number of benzene rings is 1. The third kappa shape index (κ3) is 3.02. The van der Waals surface area contributed by atoms with Crippen molar-refractivity contribution in [1.82, 2.24) is 0 Å². The van der Waals surface area contributed by atoms with Crippen LogP contribution in [0.2, 0.25) is 0 Å². The third-order valence-corrected chi connectivity index (χ3v) is 2.21. The summed E-state index contributed by atoms with van der Waals surface area (Å²) in [5.74, 6) is -1.07. The van der Waals surface area contributed by atoms with Gasteiger partial charge in [0.15, 0.2) is 0 Å². The Kier molecular flexibility index (Phi) is 4.24. The standard InChI is InChI=1S/C11H14FNO2/c1-15-11(14)10(6-7-13)8-2-4-9(12)5-3-8/h2-5,10H,6-7,13H2,1H3.